The second-order valence-corrected chi connectivity index (χ2v) is 3.95. The molecule has 2 N–H and O–H groups in total. The average molecular weight is 244 g/mol. The summed E-state index contributed by atoms with van der Waals surface area (Å²) < 4.78 is 37.8. The molecule has 1 amide bonds. The van der Waals surface area contributed by atoms with Gasteiger partial charge in [0, 0.05) is 24.3 Å². The summed E-state index contributed by atoms with van der Waals surface area (Å²) in [4.78, 5) is 13.2. The molecule has 0 bridgehead atoms. The first-order valence-corrected chi connectivity index (χ1v) is 5.15. The molecule has 17 heavy (non-hydrogen) atoms. The van der Waals surface area contributed by atoms with Crippen molar-refractivity contribution in [2.45, 2.75) is 12.6 Å². The lowest BCUT2D eigenvalue weighted by Gasteiger charge is -2.31. The van der Waals surface area contributed by atoms with Crippen molar-refractivity contribution in [1.29, 1.82) is 0 Å². The maximum Gasteiger partial charge on any atom is 0.418 e. The third-order valence-electron chi connectivity index (χ3n) is 2.75. The normalized spacial score (nSPS) is 15.6. The van der Waals surface area contributed by atoms with E-state index in [0.29, 0.717) is 13.1 Å². The molecule has 0 aliphatic carbocycles. The zero-order chi connectivity index (χ0) is 12.6. The zero-order valence-electron chi connectivity index (χ0n) is 8.92. The van der Waals surface area contributed by atoms with Crippen molar-refractivity contribution in [2.24, 2.45) is 0 Å². The number of halogens is 3. The molecule has 1 heterocycles. The summed E-state index contributed by atoms with van der Waals surface area (Å²) in [5, 5.41) is 0. The van der Waals surface area contributed by atoms with Crippen LogP contribution in [0.25, 0.3) is 0 Å². The van der Waals surface area contributed by atoms with Gasteiger partial charge >= 0.3 is 6.18 Å². The van der Waals surface area contributed by atoms with Crippen LogP contribution in [0, 0.1) is 0 Å². The summed E-state index contributed by atoms with van der Waals surface area (Å²) in [6.07, 6.45) is -3.64. The topological polar surface area (TPSA) is 46.3 Å². The van der Waals surface area contributed by atoms with E-state index in [1.54, 1.807) is 0 Å². The van der Waals surface area contributed by atoms with Crippen molar-refractivity contribution in [2.75, 3.05) is 18.8 Å². The van der Waals surface area contributed by atoms with Crippen LogP contribution in [0.5, 0.6) is 0 Å². The number of nitrogen functional groups attached to an aromatic ring is 1. The Morgan fingerprint density at radius 2 is 1.94 bits per heavy atom. The highest BCUT2D eigenvalue weighted by Crippen LogP contribution is 2.34. The maximum absolute atomic E-state index is 12.6. The number of alkyl halides is 3. The van der Waals surface area contributed by atoms with Crippen LogP contribution in [0.2, 0.25) is 0 Å². The first-order valence-electron chi connectivity index (χ1n) is 5.15. The summed E-state index contributed by atoms with van der Waals surface area (Å²) in [5.41, 5.74) is 3.97. The number of hydrogen-bond acceptors (Lipinski definition) is 2. The van der Waals surface area contributed by atoms with Gasteiger partial charge in [-0.3, -0.25) is 4.79 Å². The van der Waals surface area contributed by atoms with Crippen LogP contribution >= 0.6 is 0 Å². The van der Waals surface area contributed by atoms with Crippen LogP contribution in [0.15, 0.2) is 18.2 Å². The standard InChI is InChI=1S/C11H11F3N2O/c12-11(13,14)8-6-7(2-3-9(8)15)10(17)16-4-1-5-16/h2-3,6H,1,4-5,15H2. The van der Waals surface area contributed by atoms with E-state index >= 15 is 0 Å². The van der Waals surface area contributed by atoms with Crippen molar-refractivity contribution < 1.29 is 18.0 Å². The van der Waals surface area contributed by atoms with E-state index in [0.717, 1.165) is 18.6 Å². The quantitative estimate of drug-likeness (QED) is 0.769. The van der Waals surface area contributed by atoms with E-state index in [4.69, 9.17) is 5.73 Å². The number of amides is 1. The number of nitrogens with two attached hydrogens (primary N) is 1. The van der Waals surface area contributed by atoms with Gasteiger partial charge in [0.2, 0.25) is 0 Å². The average Bonchev–Trinajstić information content (AvgIpc) is 2.13. The highest BCUT2D eigenvalue weighted by atomic mass is 19.4. The van der Waals surface area contributed by atoms with Crippen LogP contribution in [-0.4, -0.2) is 23.9 Å². The van der Waals surface area contributed by atoms with E-state index in [9.17, 15) is 18.0 Å². The van der Waals surface area contributed by atoms with Crippen molar-refractivity contribution in [3.8, 4) is 0 Å². The van der Waals surface area contributed by atoms with E-state index < -0.39 is 11.7 Å². The van der Waals surface area contributed by atoms with Crippen molar-refractivity contribution in [1.82, 2.24) is 4.90 Å². The smallest absolute Gasteiger partial charge is 0.398 e. The van der Waals surface area contributed by atoms with Gasteiger partial charge in [-0.2, -0.15) is 13.2 Å². The Labute approximate surface area is 96.0 Å². The van der Waals surface area contributed by atoms with Gasteiger partial charge in [-0.1, -0.05) is 0 Å². The fourth-order valence-corrected chi connectivity index (χ4v) is 1.64. The number of carbonyl (C=O) groups excluding carboxylic acids is 1. The minimum Gasteiger partial charge on any atom is -0.398 e. The lowest BCUT2D eigenvalue weighted by atomic mass is 10.1. The Bertz CT molecular complexity index is 453. The molecule has 1 aromatic carbocycles. The molecule has 1 aliphatic rings. The van der Waals surface area contributed by atoms with Crippen molar-refractivity contribution in [3.05, 3.63) is 29.3 Å². The molecule has 0 unspecified atom stereocenters. The molecule has 6 heteroatoms. The highest BCUT2D eigenvalue weighted by molar-refractivity contribution is 5.95. The molecule has 92 valence electrons. The molecule has 3 nitrogen and oxygen atoms in total. The lowest BCUT2D eigenvalue weighted by molar-refractivity contribution is -0.136. The molecule has 1 aliphatic heterocycles. The lowest BCUT2D eigenvalue weighted by Crippen LogP contribution is -2.42. The van der Waals surface area contributed by atoms with Crippen LogP contribution < -0.4 is 5.73 Å². The second-order valence-electron chi connectivity index (χ2n) is 3.95. The number of carbonyl (C=O) groups is 1. The Kier molecular flexibility index (Phi) is 2.73. The van der Waals surface area contributed by atoms with Crippen LogP contribution in [0.3, 0.4) is 0 Å². The maximum atomic E-state index is 12.6. The largest absolute Gasteiger partial charge is 0.418 e. The fraction of sp³-hybridized carbons (Fsp3) is 0.364. The number of rotatable bonds is 1. The third-order valence-corrected chi connectivity index (χ3v) is 2.75. The zero-order valence-corrected chi connectivity index (χ0v) is 8.92. The Hall–Kier alpha value is -1.72. The molecule has 0 saturated carbocycles. The van der Waals surface area contributed by atoms with Gasteiger partial charge in [-0.15, -0.1) is 0 Å². The summed E-state index contributed by atoms with van der Waals surface area (Å²) >= 11 is 0. The first-order chi connectivity index (χ1) is 7.89. The molecule has 0 atom stereocenters. The monoisotopic (exact) mass is 244 g/mol. The van der Waals surface area contributed by atoms with Crippen molar-refractivity contribution >= 4 is 11.6 Å². The molecular formula is C11H11F3N2O. The van der Waals surface area contributed by atoms with E-state index in [2.05, 4.69) is 0 Å². The fourth-order valence-electron chi connectivity index (χ4n) is 1.64. The van der Waals surface area contributed by atoms with E-state index in [1.807, 2.05) is 0 Å². The molecule has 2 rings (SSSR count). The molecule has 1 aromatic rings. The number of likely N-dealkylation sites (tertiary alicyclic amines) is 1. The summed E-state index contributed by atoms with van der Waals surface area (Å²) in [6, 6.07) is 3.26. The van der Waals surface area contributed by atoms with Gasteiger partial charge in [0.25, 0.3) is 5.91 Å². The van der Waals surface area contributed by atoms with E-state index in [1.165, 1.54) is 11.0 Å². The highest BCUT2D eigenvalue weighted by Gasteiger charge is 2.34. The molecule has 1 fully saturated rings. The first kappa shape index (κ1) is 11.8. The Morgan fingerprint density at radius 3 is 2.41 bits per heavy atom. The number of hydrogen-bond donors (Lipinski definition) is 1. The van der Waals surface area contributed by atoms with E-state index in [-0.39, 0.29) is 17.2 Å². The predicted octanol–water partition coefficient (Wildman–Crippen LogP) is 2.13. The van der Waals surface area contributed by atoms with Crippen LogP contribution in [0.1, 0.15) is 22.3 Å². The summed E-state index contributed by atoms with van der Waals surface area (Å²) in [5.74, 6) is -0.373. The number of benzene rings is 1. The minimum absolute atomic E-state index is 0.0335. The Morgan fingerprint density at radius 1 is 1.29 bits per heavy atom. The van der Waals surface area contributed by atoms with Gasteiger partial charge in [0.1, 0.15) is 0 Å². The van der Waals surface area contributed by atoms with Gasteiger partial charge in [-0.05, 0) is 24.6 Å². The minimum atomic E-state index is -4.53. The molecular weight excluding hydrogens is 233 g/mol. The van der Waals surface area contributed by atoms with Gasteiger partial charge in [0.05, 0.1) is 5.56 Å². The molecule has 0 spiro atoms. The van der Waals surface area contributed by atoms with Crippen LogP contribution in [0.4, 0.5) is 18.9 Å². The van der Waals surface area contributed by atoms with Gasteiger partial charge in [-0.25, -0.2) is 0 Å². The molecule has 1 saturated heterocycles. The molecule has 0 aromatic heterocycles. The summed E-state index contributed by atoms with van der Waals surface area (Å²) in [7, 11) is 0. The summed E-state index contributed by atoms with van der Waals surface area (Å²) in [6.45, 7) is 1.20. The van der Waals surface area contributed by atoms with Crippen LogP contribution in [-0.2, 0) is 6.18 Å². The predicted molar refractivity (Wildman–Crippen MR) is 56.4 cm³/mol. The number of anilines is 1. The SMILES string of the molecule is Nc1ccc(C(=O)N2CCC2)cc1C(F)(F)F. The Balaban J connectivity index is 2.33. The molecule has 0 radical (unpaired) electrons. The second kappa shape index (κ2) is 3.94. The number of nitrogens with zero attached hydrogens (tertiary/aromatic N) is 1. The van der Waals surface area contributed by atoms with Gasteiger partial charge < -0.3 is 10.6 Å². The van der Waals surface area contributed by atoms with Gasteiger partial charge in [0.15, 0.2) is 0 Å². The van der Waals surface area contributed by atoms with Crippen molar-refractivity contribution in [3.63, 3.8) is 0 Å². The third kappa shape index (κ3) is 2.20.